The number of carbonyl (C=O) groups is 1. The van der Waals surface area contributed by atoms with E-state index in [-0.39, 0.29) is 23.1 Å². The van der Waals surface area contributed by atoms with Crippen LogP contribution in [0.3, 0.4) is 0 Å². The molecule has 1 aromatic heterocycles. The Bertz CT molecular complexity index is 717. The maximum atomic E-state index is 11.3. The van der Waals surface area contributed by atoms with E-state index in [1.54, 1.807) is 44.2 Å². The molecule has 0 fully saturated rings. The molecular weight excluding hydrogens is 298 g/mol. The molecule has 1 heterocycles. The first-order valence-electron chi connectivity index (χ1n) is 7.10. The van der Waals surface area contributed by atoms with Gasteiger partial charge in [0.1, 0.15) is 11.9 Å². The van der Waals surface area contributed by atoms with Gasteiger partial charge in [0.25, 0.3) is 5.69 Å². The Morgan fingerprint density at radius 1 is 1.22 bits per heavy atom. The van der Waals surface area contributed by atoms with Crippen molar-refractivity contribution in [3.8, 4) is 11.3 Å². The van der Waals surface area contributed by atoms with E-state index in [9.17, 15) is 20.0 Å². The molecule has 0 radical (unpaired) electrons. The van der Waals surface area contributed by atoms with Gasteiger partial charge in [-0.15, -0.1) is 0 Å². The first kappa shape index (κ1) is 16.4. The van der Waals surface area contributed by atoms with Crippen LogP contribution in [0.1, 0.15) is 13.8 Å². The number of aromatic nitrogens is 1. The van der Waals surface area contributed by atoms with Crippen molar-refractivity contribution in [1.82, 2.24) is 4.98 Å². The van der Waals surface area contributed by atoms with Gasteiger partial charge < -0.3 is 10.4 Å². The van der Waals surface area contributed by atoms with Gasteiger partial charge in [0.05, 0.1) is 4.92 Å². The smallest absolute Gasteiger partial charge is 0.326 e. The van der Waals surface area contributed by atoms with Crippen LogP contribution in [-0.2, 0) is 4.79 Å². The van der Waals surface area contributed by atoms with Crippen LogP contribution in [0.5, 0.6) is 0 Å². The molecule has 1 atom stereocenters. The van der Waals surface area contributed by atoms with Crippen molar-refractivity contribution in [2.75, 3.05) is 5.32 Å². The van der Waals surface area contributed by atoms with E-state index in [0.717, 1.165) is 0 Å². The summed E-state index contributed by atoms with van der Waals surface area (Å²) < 4.78 is 0. The van der Waals surface area contributed by atoms with Crippen LogP contribution in [0.2, 0.25) is 0 Å². The number of nitrogens with zero attached hydrogens (tertiary/aromatic N) is 2. The van der Waals surface area contributed by atoms with Crippen molar-refractivity contribution in [2.24, 2.45) is 5.92 Å². The zero-order valence-corrected chi connectivity index (χ0v) is 12.8. The first-order chi connectivity index (χ1) is 10.9. The topological polar surface area (TPSA) is 105 Å². The number of carboxylic acids is 1. The van der Waals surface area contributed by atoms with Crippen molar-refractivity contribution in [2.45, 2.75) is 19.9 Å². The second kappa shape index (κ2) is 6.87. The standard InChI is InChI=1S/C16H17N3O4/c1-10(2)14(16(20)21)17-13-9-8-12(19(22)23)15(18-13)11-6-4-3-5-7-11/h3-10,14H,1-2H3,(H,17,18)(H,20,21)/t14-/m1/s1. The number of benzene rings is 1. The lowest BCUT2D eigenvalue weighted by Gasteiger charge is -2.18. The molecular formula is C16H17N3O4. The normalized spacial score (nSPS) is 12.0. The lowest BCUT2D eigenvalue weighted by Crippen LogP contribution is -2.34. The van der Waals surface area contributed by atoms with Crippen LogP contribution >= 0.6 is 0 Å². The Balaban J connectivity index is 2.45. The summed E-state index contributed by atoms with van der Waals surface area (Å²) in [6.07, 6.45) is 0. The van der Waals surface area contributed by atoms with Crippen LogP contribution in [0.4, 0.5) is 11.5 Å². The Morgan fingerprint density at radius 2 is 1.87 bits per heavy atom. The van der Waals surface area contributed by atoms with Gasteiger partial charge in [-0.1, -0.05) is 44.2 Å². The van der Waals surface area contributed by atoms with E-state index in [1.165, 1.54) is 12.1 Å². The fourth-order valence-electron chi connectivity index (χ4n) is 2.16. The molecule has 2 aromatic rings. The molecule has 1 aromatic carbocycles. The molecule has 0 aliphatic rings. The van der Waals surface area contributed by atoms with Gasteiger partial charge in [-0.2, -0.15) is 0 Å². The molecule has 7 nitrogen and oxygen atoms in total. The Hall–Kier alpha value is -2.96. The summed E-state index contributed by atoms with van der Waals surface area (Å²) in [4.78, 5) is 26.2. The largest absolute Gasteiger partial charge is 0.480 e. The van der Waals surface area contributed by atoms with Crippen LogP contribution < -0.4 is 5.32 Å². The van der Waals surface area contributed by atoms with E-state index in [0.29, 0.717) is 5.56 Å². The molecule has 0 aliphatic heterocycles. The molecule has 0 saturated carbocycles. The second-order valence-corrected chi connectivity index (χ2v) is 5.39. The highest BCUT2D eigenvalue weighted by atomic mass is 16.6. The Kier molecular flexibility index (Phi) is 4.90. The van der Waals surface area contributed by atoms with Gasteiger partial charge in [0, 0.05) is 11.6 Å². The third-order valence-corrected chi connectivity index (χ3v) is 3.35. The molecule has 0 spiro atoms. The number of rotatable bonds is 6. The summed E-state index contributed by atoms with van der Waals surface area (Å²) in [6.45, 7) is 3.55. The van der Waals surface area contributed by atoms with Crippen LogP contribution in [-0.4, -0.2) is 27.0 Å². The summed E-state index contributed by atoms with van der Waals surface area (Å²) in [6, 6.07) is 10.7. The zero-order chi connectivity index (χ0) is 17.0. The predicted octanol–water partition coefficient (Wildman–Crippen LogP) is 3.18. The van der Waals surface area contributed by atoms with E-state index in [4.69, 9.17) is 0 Å². The van der Waals surface area contributed by atoms with Crippen molar-refractivity contribution in [1.29, 1.82) is 0 Å². The van der Waals surface area contributed by atoms with E-state index in [1.807, 2.05) is 0 Å². The predicted molar refractivity (Wildman–Crippen MR) is 86.2 cm³/mol. The number of pyridine rings is 1. The minimum Gasteiger partial charge on any atom is -0.480 e. The molecule has 0 saturated heterocycles. The third kappa shape index (κ3) is 3.82. The van der Waals surface area contributed by atoms with Crippen molar-refractivity contribution in [3.05, 3.63) is 52.6 Å². The van der Waals surface area contributed by atoms with Crippen LogP contribution in [0.25, 0.3) is 11.3 Å². The number of carboxylic acid groups (broad SMARTS) is 1. The Labute approximate surface area is 133 Å². The summed E-state index contributed by atoms with van der Waals surface area (Å²) >= 11 is 0. The summed E-state index contributed by atoms with van der Waals surface area (Å²) in [7, 11) is 0. The van der Waals surface area contributed by atoms with Gasteiger partial charge in [-0.25, -0.2) is 9.78 Å². The molecule has 0 aliphatic carbocycles. The van der Waals surface area contributed by atoms with E-state index in [2.05, 4.69) is 10.3 Å². The number of hydrogen-bond acceptors (Lipinski definition) is 5. The van der Waals surface area contributed by atoms with Gasteiger partial charge in [0.15, 0.2) is 5.69 Å². The summed E-state index contributed by atoms with van der Waals surface area (Å²) in [5, 5.41) is 23.3. The van der Waals surface area contributed by atoms with Crippen molar-refractivity contribution < 1.29 is 14.8 Å². The third-order valence-electron chi connectivity index (χ3n) is 3.35. The average molecular weight is 315 g/mol. The number of nitrogens with one attached hydrogen (secondary N) is 1. The number of aliphatic carboxylic acids is 1. The molecule has 2 N–H and O–H groups in total. The maximum absolute atomic E-state index is 11.3. The number of anilines is 1. The maximum Gasteiger partial charge on any atom is 0.326 e. The lowest BCUT2D eigenvalue weighted by atomic mass is 10.0. The molecule has 120 valence electrons. The molecule has 2 rings (SSSR count). The number of nitro groups is 1. The fraction of sp³-hybridized carbons (Fsp3) is 0.250. The summed E-state index contributed by atoms with van der Waals surface area (Å²) in [5.41, 5.74) is 0.672. The van der Waals surface area contributed by atoms with E-state index < -0.39 is 16.9 Å². The minimum absolute atomic E-state index is 0.127. The van der Waals surface area contributed by atoms with E-state index >= 15 is 0 Å². The second-order valence-electron chi connectivity index (χ2n) is 5.39. The molecule has 0 amide bonds. The van der Waals surface area contributed by atoms with Crippen LogP contribution in [0, 0.1) is 16.0 Å². The van der Waals surface area contributed by atoms with Crippen molar-refractivity contribution >= 4 is 17.5 Å². The molecule has 23 heavy (non-hydrogen) atoms. The van der Waals surface area contributed by atoms with Gasteiger partial charge in [-0.05, 0) is 12.0 Å². The minimum atomic E-state index is -0.999. The molecule has 0 bridgehead atoms. The highest BCUT2D eigenvalue weighted by Crippen LogP contribution is 2.29. The quantitative estimate of drug-likeness (QED) is 0.626. The van der Waals surface area contributed by atoms with Gasteiger partial charge >= 0.3 is 5.97 Å². The first-order valence-corrected chi connectivity index (χ1v) is 7.10. The highest BCUT2D eigenvalue weighted by Gasteiger charge is 2.23. The monoisotopic (exact) mass is 315 g/mol. The lowest BCUT2D eigenvalue weighted by molar-refractivity contribution is -0.384. The Morgan fingerprint density at radius 3 is 2.39 bits per heavy atom. The summed E-state index contributed by atoms with van der Waals surface area (Å²) in [5.74, 6) is -0.873. The van der Waals surface area contributed by atoms with Gasteiger partial charge in [-0.3, -0.25) is 10.1 Å². The van der Waals surface area contributed by atoms with Crippen LogP contribution in [0.15, 0.2) is 42.5 Å². The van der Waals surface area contributed by atoms with Gasteiger partial charge in [0.2, 0.25) is 0 Å². The average Bonchev–Trinajstić information content (AvgIpc) is 2.52. The van der Waals surface area contributed by atoms with Crippen molar-refractivity contribution in [3.63, 3.8) is 0 Å². The SMILES string of the molecule is CC(C)[C@@H](Nc1ccc([N+](=O)[O-])c(-c2ccccc2)n1)C(=O)O. The highest BCUT2D eigenvalue weighted by molar-refractivity contribution is 5.78. The fourth-order valence-corrected chi connectivity index (χ4v) is 2.16. The zero-order valence-electron chi connectivity index (χ0n) is 12.8. The number of hydrogen-bond donors (Lipinski definition) is 2. The molecule has 0 unspecified atom stereocenters. The molecule has 7 heteroatoms.